The molecule has 3 aromatic rings. The Hall–Kier alpha value is -2.89. The summed E-state index contributed by atoms with van der Waals surface area (Å²) in [6.45, 7) is 0.155. The molecule has 0 aliphatic rings. The highest BCUT2D eigenvalue weighted by molar-refractivity contribution is 5.70. The van der Waals surface area contributed by atoms with E-state index in [2.05, 4.69) is 10.1 Å². The molecule has 0 unspecified atom stereocenters. The van der Waals surface area contributed by atoms with Gasteiger partial charge in [0.1, 0.15) is 11.6 Å². The van der Waals surface area contributed by atoms with Gasteiger partial charge in [0.2, 0.25) is 5.82 Å². The van der Waals surface area contributed by atoms with Crippen molar-refractivity contribution in [2.24, 2.45) is 0 Å². The van der Waals surface area contributed by atoms with Gasteiger partial charge in [0, 0.05) is 5.69 Å². The number of nitrogens with zero attached hydrogens (tertiary/aromatic N) is 2. The first-order valence-corrected chi connectivity index (χ1v) is 6.28. The first kappa shape index (κ1) is 13.1. The number of aromatic nitrogens is 2. The third-order valence-corrected chi connectivity index (χ3v) is 2.82. The molecule has 0 radical (unpaired) electrons. The van der Waals surface area contributed by atoms with Gasteiger partial charge < -0.3 is 15.0 Å². The number of halogens is 1. The molecule has 0 bridgehead atoms. The van der Waals surface area contributed by atoms with Crippen LogP contribution >= 0.6 is 0 Å². The smallest absolute Gasteiger partial charge is 0.260 e. The minimum Gasteiger partial charge on any atom is -0.485 e. The fourth-order valence-corrected chi connectivity index (χ4v) is 1.80. The number of anilines is 1. The lowest BCUT2D eigenvalue weighted by Gasteiger charge is -2.01. The number of hydrogen-bond acceptors (Lipinski definition) is 5. The average molecular weight is 285 g/mol. The van der Waals surface area contributed by atoms with Gasteiger partial charge in [-0.15, -0.1) is 0 Å². The molecular formula is C15H12FN3O2. The molecule has 2 N–H and O–H groups in total. The lowest BCUT2D eigenvalue weighted by Crippen LogP contribution is -1.97. The Bertz CT molecular complexity index is 744. The zero-order chi connectivity index (χ0) is 14.7. The Kier molecular flexibility index (Phi) is 3.51. The largest absolute Gasteiger partial charge is 0.485 e. The number of rotatable bonds is 4. The van der Waals surface area contributed by atoms with Gasteiger partial charge in [0.05, 0.1) is 5.56 Å². The molecule has 5 nitrogen and oxygen atoms in total. The number of ether oxygens (including phenoxy) is 1. The van der Waals surface area contributed by atoms with Crippen LogP contribution in [0.4, 0.5) is 10.1 Å². The van der Waals surface area contributed by atoms with Crippen molar-refractivity contribution >= 4 is 5.69 Å². The van der Waals surface area contributed by atoms with E-state index in [0.717, 1.165) is 0 Å². The monoisotopic (exact) mass is 285 g/mol. The molecule has 0 amide bonds. The SMILES string of the molecule is Nc1ccc(F)cc1-c1nc(COc2ccccc2)no1. The molecule has 0 saturated heterocycles. The normalized spacial score (nSPS) is 10.5. The van der Waals surface area contributed by atoms with E-state index in [0.29, 0.717) is 22.8 Å². The zero-order valence-corrected chi connectivity index (χ0v) is 11.0. The molecule has 106 valence electrons. The summed E-state index contributed by atoms with van der Waals surface area (Å²) in [4.78, 5) is 4.15. The van der Waals surface area contributed by atoms with Gasteiger partial charge in [-0.1, -0.05) is 23.4 Å². The summed E-state index contributed by atoms with van der Waals surface area (Å²) in [5, 5.41) is 3.79. The molecule has 0 atom stereocenters. The number of benzene rings is 2. The maximum Gasteiger partial charge on any atom is 0.260 e. The van der Waals surface area contributed by atoms with Gasteiger partial charge in [-0.05, 0) is 30.3 Å². The van der Waals surface area contributed by atoms with Crippen LogP contribution in [0.3, 0.4) is 0 Å². The maximum atomic E-state index is 13.2. The number of hydrogen-bond donors (Lipinski definition) is 1. The average Bonchev–Trinajstić information content (AvgIpc) is 2.97. The van der Waals surface area contributed by atoms with Crippen LogP contribution in [-0.2, 0) is 6.61 Å². The van der Waals surface area contributed by atoms with Crippen LogP contribution in [0.15, 0.2) is 53.1 Å². The summed E-state index contributed by atoms with van der Waals surface area (Å²) < 4.78 is 23.8. The van der Waals surface area contributed by atoms with E-state index in [9.17, 15) is 4.39 Å². The number of nitrogen functional groups attached to an aromatic ring is 1. The highest BCUT2D eigenvalue weighted by atomic mass is 19.1. The van der Waals surface area contributed by atoms with Crippen LogP contribution in [0, 0.1) is 5.82 Å². The minimum absolute atomic E-state index is 0.155. The zero-order valence-electron chi connectivity index (χ0n) is 11.0. The summed E-state index contributed by atoms with van der Waals surface area (Å²) in [6, 6.07) is 13.3. The molecule has 6 heteroatoms. The first-order chi connectivity index (χ1) is 10.2. The highest BCUT2D eigenvalue weighted by Gasteiger charge is 2.13. The van der Waals surface area contributed by atoms with Crippen molar-refractivity contribution in [1.29, 1.82) is 0 Å². The van der Waals surface area contributed by atoms with Crippen LogP contribution in [0.2, 0.25) is 0 Å². The topological polar surface area (TPSA) is 74.2 Å². The summed E-state index contributed by atoms with van der Waals surface area (Å²) in [6.07, 6.45) is 0. The summed E-state index contributed by atoms with van der Waals surface area (Å²) >= 11 is 0. The third kappa shape index (κ3) is 3.00. The Morgan fingerprint density at radius 2 is 1.95 bits per heavy atom. The van der Waals surface area contributed by atoms with Crippen molar-refractivity contribution in [1.82, 2.24) is 10.1 Å². The molecule has 0 spiro atoms. The van der Waals surface area contributed by atoms with Gasteiger partial charge >= 0.3 is 0 Å². The summed E-state index contributed by atoms with van der Waals surface area (Å²) in [7, 11) is 0. The molecular weight excluding hydrogens is 273 g/mol. The molecule has 1 heterocycles. The van der Waals surface area contributed by atoms with Gasteiger partial charge in [0.25, 0.3) is 5.89 Å². The molecule has 0 aliphatic heterocycles. The van der Waals surface area contributed by atoms with Crippen LogP contribution < -0.4 is 10.5 Å². The van der Waals surface area contributed by atoms with E-state index in [1.54, 1.807) is 0 Å². The molecule has 2 aromatic carbocycles. The fourth-order valence-electron chi connectivity index (χ4n) is 1.80. The van der Waals surface area contributed by atoms with Crippen LogP contribution in [0.5, 0.6) is 5.75 Å². The second-order valence-corrected chi connectivity index (χ2v) is 4.35. The van der Waals surface area contributed by atoms with E-state index < -0.39 is 5.82 Å². The standard InChI is InChI=1S/C15H12FN3O2/c16-10-6-7-13(17)12(8-10)15-18-14(19-21-15)9-20-11-4-2-1-3-5-11/h1-8H,9,17H2. The van der Waals surface area contributed by atoms with Crippen molar-refractivity contribution in [2.75, 3.05) is 5.73 Å². The lowest BCUT2D eigenvalue weighted by atomic mass is 10.2. The highest BCUT2D eigenvalue weighted by Crippen LogP contribution is 2.25. The summed E-state index contributed by atoms with van der Waals surface area (Å²) in [5.74, 6) is 0.810. The van der Waals surface area contributed by atoms with Crippen molar-refractivity contribution in [2.45, 2.75) is 6.61 Å². The lowest BCUT2D eigenvalue weighted by molar-refractivity contribution is 0.287. The Balaban J connectivity index is 1.76. The molecule has 3 rings (SSSR count). The Labute approximate surface area is 120 Å². The molecule has 0 fully saturated rings. The van der Waals surface area contributed by atoms with E-state index in [4.69, 9.17) is 15.0 Å². The second-order valence-electron chi connectivity index (χ2n) is 4.35. The first-order valence-electron chi connectivity index (χ1n) is 6.28. The molecule has 21 heavy (non-hydrogen) atoms. The fraction of sp³-hybridized carbons (Fsp3) is 0.0667. The maximum absolute atomic E-state index is 13.2. The Morgan fingerprint density at radius 3 is 2.76 bits per heavy atom. The van der Waals surface area contributed by atoms with Gasteiger partial charge in [-0.2, -0.15) is 4.98 Å². The van der Waals surface area contributed by atoms with Crippen LogP contribution in [0.25, 0.3) is 11.5 Å². The van der Waals surface area contributed by atoms with Crippen molar-refractivity contribution in [3.05, 3.63) is 60.2 Å². The van der Waals surface area contributed by atoms with E-state index in [1.807, 2.05) is 30.3 Å². The predicted molar refractivity (Wildman–Crippen MR) is 74.9 cm³/mol. The van der Waals surface area contributed by atoms with E-state index in [1.165, 1.54) is 18.2 Å². The second kappa shape index (κ2) is 5.62. The van der Waals surface area contributed by atoms with Crippen molar-refractivity contribution < 1.29 is 13.7 Å². The van der Waals surface area contributed by atoms with Crippen LogP contribution in [-0.4, -0.2) is 10.1 Å². The van der Waals surface area contributed by atoms with Gasteiger partial charge in [-0.25, -0.2) is 4.39 Å². The molecule has 0 saturated carbocycles. The van der Waals surface area contributed by atoms with Gasteiger partial charge in [0.15, 0.2) is 6.61 Å². The summed E-state index contributed by atoms with van der Waals surface area (Å²) in [5.41, 5.74) is 6.51. The number of para-hydroxylation sites is 1. The molecule has 1 aromatic heterocycles. The third-order valence-electron chi connectivity index (χ3n) is 2.82. The van der Waals surface area contributed by atoms with Crippen LogP contribution in [0.1, 0.15) is 5.82 Å². The predicted octanol–water partition coefficient (Wildman–Crippen LogP) is 3.04. The number of nitrogens with two attached hydrogens (primary N) is 1. The Morgan fingerprint density at radius 1 is 1.14 bits per heavy atom. The van der Waals surface area contributed by atoms with E-state index >= 15 is 0 Å². The minimum atomic E-state index is -0.417. The van der Waals surface area contributed by atoms with E-state index in [-0.39, 0.29) is 12.5 Å². The van der Waals surface area contributed by atoms with Crippen molar-refractivity contribution in [3.63, 3.8) is 0 Å². The van der Waals surface area contributed by atoms with Gasteiger partial charge in [-0.3, -0.25) is 0 Å². The molecule has 0 aliphatic carbocycles. The quantitative estimate of drug-likeness (QED) is 0.746. The van der Waals surface area contributed by atoms with Crippen molar-refractivity contribution in [3.8, 4) is 17.2 Å².